The van der Waals surface area contributed by atoms with Crippen LogP contribution in [0.15, 0.2) is 24.2 Å². The molecule has 3 spiro atoms. The molecule has 6 saturated heterocycles. The Balaban J connectivity index is 1.66. The first kappa shape index (κ1) is 19.3. The van der Waals surface area contributed by atoms with Crippen LogP contribution in [0.3, 0.4) is 0 Å². The largest absolute Gasteiger partial charge is 0.437 e. The molecule has 0 aliphatic carbocycles. The number of hydrogen-bond donors (Lipinski definition) is 0. The van der Waals surface area contributed by atoms with Crippen LogP contribution in [0.25, 0.3) is 6.08 Å². The van der Waals surface area contributed by atoms with Gasteiger partial charge in [0.25, 0.3) is 0 Å². The van der Waals surface area contributed by atoms with Crippen molar-refractivity contribution >= 4 is 41.9 Å². The van der Waals surface area contributed by atoms with E-state index >= 15 is 0 Å². The zero-order valence-electron chi connectivity index (χ0n) is 16.0. The number of carbonyl (C=O) groups is 6. The average Bonchev–Trinajstić information content (AvgIpc) is 3.07. The second-order valence-electron chi connectivity index (χ2n) is 7.41. The van der Waals surface area contributed by atoms with Crippen molar-refractivity contribution in [1.29, 1.82) is 0 Å². The van der Waals surface area contributed by atoms with E-state index in [2.05, 4.69) is 9.97 Å². The molecule has 168 valence electrons. The maximum Gasteiger partial charge on any atom is 0.422 e. The fraction of sp³-hybridized carbons (Fsp3) is 0.333. The number of ether oxygens (including phenoxy) is 6. The molecule has 0 radical (unpaired) electrons. The molecule has 1 aromatic rings. The molecule has 0 amide bonds. The average molecular weight is 459 g/mol. The van der Waals surface area contributed by atoms with E-state index in [4.69, 9.17) is 28.4 Å². The molecule has 6 fully saturated rings. The molecule has 6 aliphatic heterocycles. The molecule has 7 rings (SSSR count). The summed E-state index contributed by atoms with van der Waals surface area (Å²) in [5, 5.41) is 0. The minimum Gasteiger partial charge on any atom is -0.437 e. The van der Waals surface area contributed by atoms with Crippen LogP contribution in [0.5, 0.6) is 0 Å². The van der Waals surface area contributed by atoms with Crippen LogP contribution in [0.4, 0.5) is 0 Å². The zero-order chi connectivity index (χ0) is 23.2. The highest BCUT2D eigenvalue weighted by molar-refractivity contribution is 6.33. The summed E-state index contributed by atoms with van der Waals surface area (Å²) in [6.07, 6.45) is 3.16. The number of esters is 6. The van der Waals surface area contributed by atoms with Gasteiger partial charge in [-0.05, 0) is 6.08 Å². The van der Waals surface area contributed by atoms with Gasteiger partial charge >= 0.3 is 47.5 Å². The SMILES string of the molecule is O=C1OC2N3CCC4(OC(=O)C(=O)OC24OC1=O)/C(=C/c1cnccn1)C31OC(=O)C(=O)O1. The van der Waals surface area contributed by atoms with Crippen molar-refractivity contribution in [1.82, 2.24) is 14.9 Å². The summed E-state index contributed by atoms with van der Waals surface area (Å²) in [6.45, 7) is -0.180. The molecule has 0 saturated carbocycles. The monoisotopic (exact) mass is 459 g/mol. The predicted molar refractivity (Wildman–Crippen MR) is 89.9 cm³/mol. The first-order chi connectivity index (χ1) is 15.7. The summed E-state index contributed by atoms with van der Waals surface area (Å²) in [5.41, 5.74) is -2.40. The zero-order valence-corrected chi connectivity index (χ0v) is 16.0. The molecular formula is C18H9N3O12. The number of carbonyl (C=O) groups excluding carboxylic acids is 6. The Morgan fingerprint density at radius 1 is 0.848 bits per heavy atom. The van der Waals surface area contributed by atoms with Crippen molar-refractivity contribution in [3.05, 3.63) is 29.9 Å². The predicted octanol–water partition coefficient (Wildman–Crippen LogP) is -2.71. The molecule has 4 atom stereocenters. The molecule has 6 aliphatic rings. The van der Waals surface area contributed by atoms with Gasteiger partial charge in [-0.25, -0.2) is 28.8 Å². The molecule has 7 heterocycles. The Bertz CT molecular complexity index is 1200. The van der Waals surface area contributed by atoms with Gasteiger partial charge in [0, 0.05) is 25.4 Å². The van der Waals surface area contributed by atoms with Crippen LogP contribution in [0.2, 0.25) is 0 Å². The van der Waals surface area contributed by atoms with Gasteiger partial charge in [0.2, 0.25) is 11.8 Å². The molecule has 0 aromatic carbocycles. The number of piperidine rings is 3. The van der Waals surface area contributed by atoms with Crippen LogP contribution >= 0.6 is 0 Å². The van der Waals surface area contributed by atoms with Crippen molar-refractivity contribution in [3.63, 3.8) is 0 Å². The Kier molecular flexibility index (Phi) is 3.44. The molecule has 15 heteroatoms. The number of nitrogens with zero attached hydrogens (tertiary/aromatic N) is 3. The standard InChI is InChI=1S/C18H9N3O12/c22-9-10(23)30-17-15(28-9)21-4-1-16(17,29-11(24)12(25)31-17)8(5-7-6-19-2-3-20-7)18(21)32-13(26)14(27)33-18/h2-3,5-6,15H,1,4H2/b8-5-. The van der Waals surface area contributed by atoms with E-state index in [-0.39, 0.29) is 24.2 Å². The maximum absolute atomic E-state index is 12.3. The topological polar surface area (TPSA) is 187 Å². The van der Waals surface area contributed by atoms with Gasteiger partial charge in [0.1, 0.15) is 0 Å². The molecular weight excluding hydrogens is 450 g/mol. The van der Waals surface area contributed by atoms with Gasteiger partial charge in [-0.15, -0.1) is 0 Å². The van der Waals surface area contributed by atoms with Gasteiger partial charge < -0.3 is 28.4 Å². The third kappa shape index (κ3) is 2.16. The van der Waals surface area contributed by atoms with Gasteiger partial charge in [0.15, 0.2) is 0 Å². The minimum absolute atomic E-state index is 0.118. The van der Waals surface area contributed by atoms with Crippen LogP contribution in [-0.4, -0.2) is 80.8 Å². The number of rotatable bonds is 1. The van der Waals surface area contributed by atoms with Crippen LogP contribution in [-0.2, 0) is 57.2 Å². The highest BCUT2D eigenvalue weighted by Gasteiger charge is 2.87. The first-order valence-electron chi connectivity index (χ1n) is 9.34. The van der Waals surface area contributed by atoms with Gasteiger partial charge in [-0.1, -0.05) is 0 Å². The van der Waals surface area contributed by atoms with E-state index in [1.807, 2.05) is 0 Å². The summed E-state index contributed by atoms with van der Waals surface area (Å²) >= 11 is 0. The smallest absolute Gasteiger partial charge is 0.422 e. The van der Waals surface area contributed by atoms with E-state index in [0.717, 1.165) is 4.90 Å². The molecule has 15 nitrogen and oxygen atoms in total. The molecule has 0 N–H and O–H groups in total. The van der Waals surface area contributed by atoms with E-state index in [0.29, 0.717) is 0 Å². The summed E-state index contributed by atoms with van der Waals surface area (Å²) < 4.78 is 31.6. The van der Waals surface area contributed by atoms with E-state index in [1.165, 1.54) is 24.7 Å². The minimum atomic E-state index is -2.53. The highest BCUT2D eigenvalue weighted by atomic mass is 16.8. The lowest BCUT2D eigenvalue weighted by molar-refractivity contribution is -0.436. The van der Waals surface area contributed by atoms with Crippen molar-refractivity contribution in [2.24, 2.45) is 0 Å². The van der Waals surface area contributed by atoms with E-state index < -0.39 is 59.3 Å². The summed E-state index contributed by atoms with van der Waals surface area (Å²) in [6, 6.07) is 0. The lowest BCUT2D eigenvalue weighted by Crippen LogP contribution is -2.88. The number of fused-ring (bicyclic) bond motifs is 1. The quantitative estimate of drug-likeness (QED) is 0.239. The van der Waals surface area contributed by atoms with Crippen LogP contribution in [0, 0.1) is 0 Å². The van der Waals surface area contributed by atoms with Crippen molar-refractivity contribution in [2.45, 2.75) is 29.9 Å². The molecule has 2 bridgehead atoms. The Hall–Kier alpha value is -4.40. The second kappa shape index (κ2) is 5.89. The summed E-state index contributed by atoms with van der Waals surface area (Å²) in [7, 11) is 0. The third-order valence-electron chi connectivity index (χ3n) is 5.84. The maximum atomic E-state index is 12.3. The van der Waals surface area contributed by atoms with Crippen LogP contribution < -0.4 is 0 Å². The van der Waals surface area contributed by atoms with E-state index in [1.54, 1.807) is 0 Å². The van der Waals surface area contributed by atoms with Crippen LogP contribution in [0.1, 0.15) is 12.1 Å². The third-order valence-corrected chi connectivity index (χ3v) is 5.84. The molecule has 33 heavy (non-hydrogen) atoms. The Labute approximate surface area is 181 Å². The van der Waals surface area contributed by atoms with Crippen molar-refractivity contribution < 1.29 is 57.2 Å². The first-order valence-corrected chi connectivity index (χ1v) is 9.34. The fourth-order valence-electron chi connectivity index (χ4n) is 4.64. The highest BCUT2D eigenvalue weighted by Crippen LogP contribution is 2.62. The molecule has 1 aromatic heterocycles. The number of hydrogen-bond acceptors (Lipinski definition) is 15. The lowest BCUT2D eigenvalue weighted by atomic mass is 9.69. The van der Waals surface area contributed by atoms with Gasteiger partial charge in [-0.3, -0.25) is 9.97 Å². The molecule has 4 unspecified atom stereocenters. The van der Waals surface area contributed by atoms with Crippen molar-refractivity contribution in [2.75, 3.05) is 6.54 Å². The Morgan fingerprint density at radius 2 is 1.48 bits per heavy atom. The summed E-state index contributed by atoms with van der Waals surface area (Å²) in [5.74, 6) is -13.7. The van der Waals surface area contributed by atoms with Gasteiger partial charge in [0.05, 0.1) is 17.5 Å². The fourth-order valence-corrected chi connectivity index (χ4v) is 4.64. The normalized spacial score (nSPS) is 36.8. The van der Waals surface area contributed by atoms with E-state index in [9.17, 15) is 28.8 Å². The lowest BCUT2D eigenvalue weighted by Gasteiger charge is -2.65. The number of aromatic nitrogens is 2. The Morgan fingerprint density at radius 3 is 2.15 bits per heavy atom. The second-order valence-corrected chi connectivity index (χ2v) is 7.41. The van der Waals surface area contributed by atoms with Gasteiger partial charge in [-0.2, -0.15) is 4.90 Å². The van der Waals surface area contributed by atoms with Crippen molar-refractivity contribution in [3.8, 4) is 0 Å². The summed E-state index contributed by atoms with van der Waals surface area (Å²) in [4.78, 5) is 82.0.